The Morgan fingerprint density at radius 3 is 2.39 bits per heavy atom. The van der Waals surface area contributed by atoms with E-state index in [0.29, 0.717) is 17.6 Å². The first-order chi connectivity index (χ1) is 8.26. The van der Waals surface area contributed by atoms with E-state index >= 15 is 0 Å². The summed E-state index contributed by atoms with van der Waals surface area (Å²) in [5.74, 6) is 0.477. The molecular formula is C15H31NO2. The Labute approximate surface area is 113 Å². The van der Waals surface area contributed by atoms with E-state index in [0.717, 1.165) is 32.7 Å². The van der Waals surface area contributed by atoms with E-state index < -0.39 is 0 Å². The van der Waals surface area contributed by atoms with Crippen LogP contribution in [0.5, 0.6) is 0 Å². The fourth-order valence-corrected chi connectivity index (χ4v) is 1.71. The van der Waals surface area contributed by atoms with E-state index in [1.54, 1.807) is 0 Å². The number of hydrogen-bond donors (Lipinski definition) is 0. The van der Waals surface area contributed by atoms with Gasteiger partial charge >= 0.3 is 0 Å². The van der Waals surface area contributed by atoms with Crippen molar-refractivity contribution >= 4 is 5.78 Å². The molecule has 0 aromatic heterocycles. The van der Waals surface area contributed by atoms with Gasteiger partial charge in [0, 0.05) is 32.0 Å². The standard InChI is InChI=1S/C15H31NO2/c1-7-14(17)13(2)12-16(6)9-11-18-10-8-15(3,4)5/h13H,7-12H2,1-6H3. The van der Waals surface area contributed by atoms with Crippen molar-refractivity contribution in [3.8, 4) is 0 Å². The second-order valence-electron chi connectivity index (χ2n) is 6.41. The molecule has 1 unspecified atom stereocenters. The molecule has 1 atom stereocenters. The van der Waals surface area contributed by atoms with Crippen LogP contribution in [0.4, 0.5) is 0 Å². The van der Waals surface area contributed by atoms with Crippen LogP contribution in [0.3, 0.4) is 0 Å². The number of Topliss-reactive ketones (excluding diaryl/α,β-unsaturated/α-hetero) is 1. The van der Waals surface area contributed by atoms with Gasteiger partial charge in [0.25, 0.3) is 0 Å². The average Bonchev–Trinajstić information content (AvgIpc) is 2.25. The molecule has 18 heavy (non-hydrogen) atoms. The van der Waals surface area contributed by atoms with Crippen molar-refractivity contribution in [1.29, 1.82) is 0 Å². The van der Waals surface area contributed by atoms with Crippen LogP contribution in [0.2, 0.25) is 0 Å². The van der Waals surface area contributed by atoms with Crippen LogP contribution in [0.1, 0.15) is 47.5 Å². The summed E-state index contributed by atoms with van der Waals surface area (Å²) in [4.78, 5) is 13.7. The van der Waals surface area contributed by atoms with E-state index in [2.05, 4.69) is 25.7 Å². The van der Waals surface area contributed by atoms with E-state index in [-0.39, 0.29) is 5.92 Å². The Hall–Kier alpha value is -0.410. The van der Waals surface area contributed by atoms with E-state index in [9.17, 15) is 4.79 Å². The number of hydrogen-bond acceptors (Lipinski definition) is 3. The van der Waals surface area contributed by atoms with Crippen LogP contribution in [-0.2, 0) is 9.53 Å². The average molecular weight is 257 g/mol. The zero-order chi connectivity index (χ0) is 14.2. The van der Waals surface area contributed by atoms with Crippen LogP contribution in [-0.4, -0.2) is 44.0 Å². The third-order valence-corrected chi connectivity index (χ3v) is 3.10. The first-order valence-electron chi connectivity index (χ1n) is 7.05. The highest BCUT2D eigenvalue weighted by atomic mass is 16.5. The van der Waals surface area contributed by atoms with Crippen molar-refractivity contribution < 1.29 is 9.53 Å². The maximum absolute atomic E-state index is 11.5. The topological polar surface area (TPSA) is 29.5 Å². The Morgan fingerprint density at radius 2 is 1.89 bits per heavy atom. The maximum atomic E-state index is 11.5. The normalized spacial score (nSPS) is 13.9. The Morgan fingerprint density at radius 1 is 1.28 bits per heavy atom. The van der Waals surface area contributed by atoms with Crippen LogP contribution < -0.4 is 0 Å². The Bertz CT molecular complexity index is 233. The summed E-state index contributed by atoms with van der Waals surface area (Å²) in [7, 11) is 2.05. The predicted molar refractivity (Wildman–Crippen MR) is 76.9 cm³/mol. The minimum Gasteiger partial charge on any atom is -0.380 e. The molecule has 108 valence electrons. The summed E-state index contributed by atoms with van der Waals surface area (Å²) in [6, 6.07) is 0. The molecule has 3 heteroatoms. The van der Waals surface area contributed by atoms with Gasteiger partial charge in [-0.25, -0.2) is 0 Å². The smallest absolute Gasteiger partial charge is 0.136 e. The van der Waals surface area contributed by atoms with E-state index in [1.165, 1.54) is 0 Å². The number of nitrogens with zero attached hydrogens (tertiary/aromatic N) is 1. The van der Waals surface area contributed by atoms with Gasteiger partial charge in [0.05, 0.1) is 6.61 Å². The Kier molecular flexibility index (Phi) is 8.45. The molecule has 0 bridgehead atoms. The highest BCUT2D eigenvalue weighted by molar-refractivity contribution is 5.80. The lowest BCUT2D eigenvalue weighted by molar-refractivity contribution is -0.122. The monoisotopic (exact) mass is 257 g/mol. The highest BCUT2D eigenvalue weighted by Gasteiger charge is 2.13. The second-order valence-corrected chi connectivity index (χ2v) is 6.41. The number of ketones is 1. The SMILES string of the molecule is CCC(=O)C(C)CN(C)CCOCCC(C)(C)C. The quantitative estimate of drug-likeness (QED) is 0.595. The molecule has 0 fully saturated rings. The van der Waals surface area contributed by atoms with Crippen LogP contribution in [0, 0.1) is 11.3 Å². The number of ether oxygens (including phenoxy) is 1. The molecule has 0 aromatic rings. The van der Waals surface area contributed by atoms with Gasteiger partial charge in [0.2, 0.25) is 0 Å². The van der Waals surface area contributed by atoms with Gasteiger partial charge < -0.3 is 9.64 Å². The molecule has 0 saturated heterocycles. The molecule has 0 heterocycles. The van der Waals surface area contributed by atoms with Gasteiger partial charge in [-0.2, -0.15) is 0 Å². The van der Waals surface area contributed by atoms with Crippen molar-refractivity contribution in [1.82, 2.24) is 4.90 Å². The lowest BCUT2D eigenvalue weighted by atomic mass is 9.93. The summed E-state index contributed by atoms with van der Waals surface area (Å²) in [5, 5.41) is 0. The molecule has 0 aliphatic rings. The summed E-state index contributed by atoms with van der Waals surface area (Å²) >= 11 is 0. The lowest BCUT2D eigenvalue weighted by Gasteiger charge is -2.21. The zero-order valence-corrected chi connectivity index (χ0v) is 13.1. The first-order valence-corrected chi connectivity index (χ1v) is 7.05. The summed E-state index contributed by atoms with van der Waals surface area (Å²) in [5.41, 5.74) is 0.341. The third-order valence-electron chi connectivity index (χ3n) is 3.10. The second kappa shape index (κ2) is 8.65. The molecule has 0 aromatic carbocycles. The van der Waals surface area contributed by atoms with Gasteiger partial charge in [0.1, 0.15) is 5.78 Å². The fraction of sp³-hybridized carbons (Fsp3) is 0.933. The summed E-state index contributed by atoms with van der Waals surface area (Å²) in [6.45, 7) is 13.9. The minimum atomic E-state index is 0.134. The lowest BCUT2D eigenvalue weighted by Crippen LogP contribution is -2.31. The van der Waals surface area contributed by atoms with Crippen LogP contribution in [0.15, 0.2) is 0 Å². The van der Waals surface area contributed by atoms with E-state index in [4.69, 9.17) is 4.74 Å². The third kappa shape index (κ3) is 9.60. The predicted octanol–water partition coefficient (Wildman–Crippen LogP) is 2.99. The van der Waals surface area contributed by atoms with Crippen LogP contribution in [0.25, 0.3) is 0 Å². The molecule has 0 N–H and O–H groups in total. The minimum absolute atomic E-state index is 0.134. The van der Waals surface area contributed by atoms with Crippen LogP contribution >= 0.6 is 0 Å². The molecular weight excluding hydrogens is 226 g/mol. The van der Waals surface area contributed by atoms with Crippen molar-refractivity contribution in [2.24, 2.45) is 11.3 Å². The number of carbonyl (C=O) groups excluding carboxylic acids is 1. The molecule has 0 aliphatic heterocycles. The van der Waals surface area contributed by atoms with Gasteiger partial charge in [-0.15, -0.1) is 0 Å². The van der Waals surface area contributed by atoms with Crippen molar-refractivity contribution in [2.75, 3.05) is 33.4 Å². The highest BCUT2D eigenvalue weighted by Crippen LogP contribution is 2.17. The Balaban J connectivity index is 3.59. The molecule has 0 aliphatic carbocycles. The van der Waals surface area contributed by atoms with Crippen molar-refractivity contribution in [3.05, 3.63) is 0 Å². The van der Waals surface area contributed by atoms with Crippen molar-refractivity contribution in [2.45, 2.75) is 47.5 Å². The summed E-state index contributed by atoms with van der Waals surface area (Å²) in [6.07, 6.45) is 1.72. The van der Waals surface area contributed by atoms with Gasteiger partial charge in [-0.3, -0.25) is 4.79 Å². The summed E-state index contributed by atoms with van der Waals surface area (Å²) < 4.78 is 5.62. The number of carbonyl (C=O) groups is 1. The van der Waals surface area contributed by atoms with E-state index in [1.807, 2.05) is 20.9 Å². The molecule has 0 radical (unpaired) electrons. The molecule has 0 spiro atoms. The van der Waals surface area contributed by atoms with Gasteiger partial charge in [-0.1, -0.05) is 34.6 Å². The fourth-order valence-electron chi connectivity index (χ4n) is 1.71. The van der Waals surface area contributed by atoms with Gasteiger partial charge in [-0.05, 0) is 18.9 Å². The zero-order valence-electron chi connectivity index (χ0n) is 13.1. The number of likely N-dealkylation sites (N-methyl/N-ethyl adjacent to an activating group) is 1. The first kappa shape index (κ1) is 17.6. The largest absolute Gasteiger partial charge is 0.380 e. The molecule has 0 rings (SSSR count). The number of rotatable bonds is 9. The molecule has 3 nitrogen and oxygen atoms in total. The van der Waals surface area contributed by atoms with Gasteiger partial charge in [0.15, 0.2) is 0 Å². The van der Waals surface area contributed by atoms with Crippen molar-refractivity contribution in [3.63, 3.8) is 0 Å². The molecule has 0 amide bonds. The maximum Gasteiger partial charge on any atom is 0.136 e. The molecule has 0 saturated carbocycles.